The molecule has 1 aliphatic rings. The molecule has 0 radical (unpaired) electrons. The Morgan fingerprint density at radius 1 is 1.39 bits per heavy atom. The van der Waals surface area contributed by atoms with Gasteiger partial charge in [0.15, 0.2) is 0 Å². The van der Waals surface area contributed by atoms with Crippen molar-refractivity contribution in [2.45, 2.75) is 37.8 Å². The second-order valence-corrected chi connectivity index (χ2v) is 5.50. The van der Waals surface area contributed by atoms with Gasteiger partial charge in [0.1, 0.15) is 24.5 Å². The number of aromatic amines is 1. The molecule has 1 fully saturated rings. The lowest BCUT2D eigenvalue weighted by molar-refractivity contribution is -0.141. The first-order chi connectivity index (χ1) is 11.0. The van der Waals surface area contributed by atoms with Gasteiger partial charge in [-0.15, -0.1) is 0 Å². The van der Waals surface area contributed by atoms with E-state index in [1.807, 2.05) is 4.90 Å². The molecule has 2 aromatic rings. The fourth-order valence-electron chi connectivity index (χ4n) is 2.88. The van der Waals surface area contributed by atoms with Crippen molar-refractivity contribution in [1.82, 2.24) is 29.6 Å². The summed E-state index contributed by atoms with van der Waals surface area (Å²) in [5.74, 6) is 1.04. The molecular weight excluding hydrogens is 313 g/mol. The molecule has 1 N–H and O–H groups in total. The predicted octanol–water partition coefficient (Wildman–Crippen LogP) is 1.53. The summed E-state index contributed by atoms with van der Waals surface area (Å²) >= 11 is 0. The molecule has 3 rings (SSSR count). The van der Waals surface area contributed by atoms with Crippen molar-refractivity contribution in [3.63, 3.8) is 0 Å². The maximum absolute atomic E-state index is 12.6. The number of ether oxygens (including phenoxy) is 1. The van der Waals surface area contributed by atoms with Crippen LogP contribution in [0.2, 0.25) is 0 Å². The van der Waals surface area contributed by atoms with Crippen molar-refractivity contribution >= 4 is 0 Å². The van der Waals surface area contributed by atoms with Crippen LogP contribution in [0.25, 0.3) is 0 Å². The summed E-state index contributed by atoms with van der Waals surface area (Å²) in [6.07, 6.45) is 0.560. The van der Waals surface area contributed by atoms with E-state index in [0.717, 1.165) is 4.57 Å². The number of rotatable bonds is 5. The molecule has 2 aromatic heterocycles. The van der Waals surface area contributed by atoms with Gasteiger partial charge in [-0.1, -0.05) is 0 Å². The van der Waals surface area contributed by atoms with E-state index in [4.69, 9.17) is 4.74 Å². The highest BCUT2D eigenvalue weighted by molar-refractivity contribution is 5.02. The number of halogens is 3. The van der Waals surface area contributed by atoms with Crippen molar-refractivity contribution in [2.24, 2.45) is 0 Å². The SMILES string of the molecule is CO[C@@H]1C[C@@H](c2ncn[nH]2)N(Cc2nccn2CC(F)(F)F)C1. The molecular formula is C13H17F3N6O. The summed E-state index contributed by atoms with van der Waals surface area (Å²) in [5, 5.41) is 6.66. The minimum Gasteiger partial charge on any atom is -0.380 e. The van der Waals surface area contributed by atoms with Crippen LogP contribution in [0.1, 0.15) is 24.1 Å². The molecule has 0 amide bonds. The van der Waals surface area contributed by atoms with Crippen molar-refractivity contribution in [2.75, 3.05) is 13.7 Å². The van der Waals surface area contributed by atoms with E-state index in [9.17, 15) is 13.2 Å². The van der Waals surface area contributed by atoms with Crippen molar-refractivity contribution in [1.29, 1.82) is 0 Å². The zero-order valence-corrected chi connectivity index (χ0v) is 12.5. The lowest BCUT2D eigenvalue weighted by Crippen LogP contribution is -2.28. The van der Waals surface area contributed by atoms with Gasteiger partial charge in [-0.2, -0.15) is 18.3 Å². The summed E-state index contributed by atoms with van der Waals surface area (Å²) < 4.78 is 44.4. The van der Waals surface area contributed by atoms with Crippen LogP contribution in [-0.4, -0.2) is 55.6 Å². The number of alkyl halides is 3. The molecule has 126 valence electrons. The van der Waals surface area contributed by atoms with Gasteiger partial charge < -0.3 is 9.30 Å². The Morgan fingerprint density at radius 3 is 2.87 bits per heavy atom. The number of aromatic nitrogens is 5. The molecule has 23 heavy (non-hydrogen) atoms. The third-order valence-corrected chi connectivity index (χ3v) is 3.94. The number of H-pyrrole nitrogens is 1. The van der Waals surface area contributed by atoms with Gasteiger partial charge in [-0.3, -0.25) is 10.00 Å². The number of nitrogens with one attached hydrogen (secondary N) is 1. The number of imidazole rings is 1. The van der Waals surface area contributed by atoms with Crippen LogP contribution in [-0.2, 0) is 17.8 Å². The van der Waals surface area contributed by atoms with Crippen molar-refractivity contribution < 1.29 is 17.9 Å². The largest absolute Gasteiger partial charge is 0.406 e. The van der Waals surface area contributed by atoms with Crippen molar-refractivity contribution in [3.05, 3.63) is 30.4 Å². The summed E-state index contributed by atoms with van der Waals surface area (Å²) in [5.41, 5.74) is 0. The molecule has 0 unspecified atom stereocenters. The monoisotopic (exact) mass is 330 g/mol. The topological polar surface area (TPSA) is 71.9 Å². The van der Waals surface area contributed by atoms with E-state index in [1.165, 1.54) is 18.7 Å². The van der Waals surface area contributed by atoms with Gasteiger partial charge in [0.2, 0.25) is 0 Å². The molecule has 0 aliphatic carbocycles. The first kappa shape index (κ1) is 15.9. The molecule has 1 aliphatic heterocycles. The van der Waals surface area contributed by atoms with E-state index >= 15 is 0 Å². The minimum absolute atomic E-state index is 0.00358. The normalized spacial score (nSPS) is 22.8. The quantitative estimate of drug-likeness (QED) is 0.900. The standard InChI is InChI=1S/C13H17F3N6O/c1-23-9-4-10(12-18-8-19-20-12)22(5-9)6-11-17-2-3-21(11)7-13(14,15)16/h2-3,8-10H,4-7H2,1H3,(H,18,19,20)/t9-,10+/m1/s1. The predicted molar refractivity (Wildman–Crippen MR) is 73.2 cm³/mol. The molecule has 0 bridgehead atoms. The minimum atomic E-state index is -4.28. The van der Waals surface area contributed by atoms with E-state index in [0.29, 0.717) is 24.6 Å². The zero-order valence-electron chi connectivity index (χ0n) is 12.5. The first-order valence-electron chi connectivity index (χ1n) is 7.15. The van der Waals surface area contributed by atoms with Crippen LogP contribution in [0.4, 0.5) is 13.2 Å². The van der Waals surface area contributed by atoms with Crippen LogP contribution in [0, 0.1) is 0 Å². The molecule has 0 saturated carbocycles. The number of hydrogen-bond donors (Lipinski definition) is 1. The van der Waals surface area contributed by atoms with E-state index < -0.39 is 12.7 Å². The van der Waals surface area contributed by atoms with Crippen LogP contribution in [0.5, 0.6) is 0 Å². The Morgan fingerprint density at radius 2 is 2.22 bits per heavy atom. The van der Waals surface area contributed by atoms with Gasteiger partial charge in [0, 0.05) is 26.0 Å². The van der Waals surface area contributed by atoms with E-state index in [1.54, 1.807) is 7.11 Å². The Labute approximate surface area is 130 Å². The van der Waals surface area contributed by atoms with Gasteiger partial charge in [0.05, 0.1) is 18.7 Å². The third kappa shape index (κ3) is 3.70. The van der Waals surface area contributed by atoms with E-state index in [2.05, 4.69) is 20.2 Å². The third-order valence-electron chi connectivity index (χ3n) is 3.94. The Balaban J connectivity index is 1.77. The summed E-state index contributed by atoms with van der Waals surface area (Å²) in [6.45, 7) is -0.161. The highest BCUT2D eigenvalue weighted by Gasteiger charge is 2.36. The lowest BCUT2D eigenvalue weighted by atomic mass is 10.2. The van der Waals surface area contributed by atoms with Gasteiger partial charge in [0.25, 0.3) is 0 Å². The van der Waals surface area contributed by atoms with E-state index in [-0.39, 0.29) is 18.7 Å². The van der Waals surface area contributed by atoms with Crippen molar-refractivity contribution in [3.8, 4) is 0 Å². The summed E-state index contributed by atoms with van der Waals surface area (Å²) in [6, 6.07) is -0.0847. The average molecular weight is 330 g/mol. The molecule has 1 saturated heterocycles. The van der Waals surface area contributed by atoms with Gasteiger partial charge >= 0.3 is 6.18 Å². The Kier molecular flexibility index (Phi) is 4.35. The molecule has 0 spiro atoms. The first-order valence-corrected chi connectivity index (χ1v) is 7.15. The van der Waals surface area contributed by atoms with Gasteiger partial charge in [-0.25, -0.2) is 9.97 Å². The van der Waals surface area contributed by atoms with Crippen LogP contribution in [0.15, 0.2) is 18.7 Å². The Hall–Kier alpha value is -1.94. The lowest BCUT2D eigenvalue weighted by Gasteiger charge is -2.22. The summed E-state index contributed by atoms with van der Waals surface area (Å²) in [4.78, 5) is 10.2. The van der Waals surface area contributed by atoms with Crippen LogP contribution < -0.4 is 0 Å². The van der Waals surface area contributed by atoms with Crippen LogP contribution in [0.3, 0.4) is 0 Å². The number of nitrogens with zero attached hydrogens (tertiary/aromatic N) is 5. The second kappa shape index (κ2) is 6.28. The molecule has 3 heterocycles. The van der Waals surface area contributed by atoms with Crippen LogP contribution >= 0.6 is 0 Å². The fourth-order valence-corrected chi connectivity index (χ4v) is 2.88. The smallest absolute Gasteiger partial charge is 0.380 e. The maximum Gasteiger partial charge on any atom is 0.406 e. The maximum atomic E-state index is 12.6. The number of hydrogen-bond acceptors (Lipinski definition) is 5. The average Bonchev–Trinajstić information content (AvgIpc) is 3.19. The number of likely N-dealkylation sites (tertiary alicyclic amines) is 1. The zero-order chi connectivity index (χ0) is 16.4. The summed E-state index contributed by atoms with van der Waals surface area (Å²) in [7, 11) is 1.62. The molecule has 7 nitrogen and oxygen atoms in total. The number of methoxy groups -OCH3 is 1. The molecule has 2 atom stereocenters. The fraction of sp³-hybridized carbons (Fsp3) is 0.615. The Bertz CT molecular complexity index is 626. The highest BCUT2D eigenvalue weighted by Crippen LogP contribution is 2.32. The highest BCUT2D eigenvalue weighted by atomic mass is 19.4. The molecule has 0 aromatic carbocycles. The molecule has 10 heteroatoms. The van der Waals surface area contributed by atoms with Gasteiger partial charge in [-0.05, 0) is 6.42 Å². The second-order valence-electron chi connectivity index (χ2n) is 5.50.